The molecule has 7 heteroatoms. The lowest BCUT2D eigenvalue weighted by molar-refractivity contribution is 0.0939. The number of oxazole rings is 1. The molecule has 5 rings (SSSR count). The summed E-state index contributed by atoms with van der Waals surface area (Å²) < 4.78 is 22.8. The first-order chi connectivity index (χ1) is 17.1. The van der Waals surface area contributed by atoms with E-state index >= 15 is 0 Å². The highest BCUT2D eigenvalue weighted by atomic mass is 16.6. The lowest BCUT2D eigenvalue weighted by Crippen LogP contribution is -2.26. The Bertz CT molecular complexity index is 1320. The molecule has 0 radical (unpaired) electrons. The Balaban J connectivity index is 1.23. The summed E-state index contributed by atoms with van der Waals surface area (Å²) in [5.74, 6) is 3.23. The Morgan fingerprint density at radius 3 is 2.51 bits per heavy atom. The number of ether oxygens (including phenoxy) is 3. The van der Waals surface area contributed by atoms with E-state index in [1.165, 1.54) is 0 Å². The molecular weight excluding hydrogens is 444 g/mol. The SMILES string of the molecule is Cc1oc(-c2ccc(C(=O)NC(C)c3ccc4c(c3)OCCO4)cc2)nc1COc1ccccc1. The summed E-state index contributed by atoms with van der Waals surface area (Å²) in [5.41, 5.74) is 3.02. The third-order valence-corrected chi connectivity index (χ3v) is 5.82. The number of rotatable bonds is 7. The van der Waals surface area contributed by atoms with Crippen LogP contribution >= 0.6 is 0 Å². The molecule has 1 aliphatic rings. The standard InChI is InChI=1S/C28H26N2O5/c1-18(22-12-13-25-26(16-22)33-15-14-32-25)29-27(31)20-8-10-21(11-9-20)28-30-24(19(2)35-28)17-34-23-6-4-3-5-7-23/h3-13,16,18H,14-15,17H2,1-2H3,(H,29,31). The topological polar surface area (TPSA) is 82.8 Å². The van der Waals surface area contributed by atoms with Crippen molar-refractivity contribution < 1.29 is 23.4 Å². The summed E-state index contributed by atoms with van der Waals surface area (Å²) in [6, 6.07) is 22.3. The Hall–Kier alpha value is -4.26. The minimum absolute atomic E-state index is 0.167. The van der Waals surface area contributed by atoms with Crippen LogP contribution < -0.4 is 19.5 Å². The first-order valence-corrected chi connectivity index (χ1v) is 11.5. The average Bonchev–Trinajstić information content (AvgIpc) is 3.28. The van der Waals surface area contributed by atoms with Crippen molar-refractivity contribution >= 4 is 5.91 Å². The van der Waals surface area contributed by atoms with Crippen molar-refractivity contribution in [2.75, 3.05) is 13.2 Å². The van der Waals surface area contributed by atoms with Crippen LogP contribution in [0.1, 0.15) is 40.3 Å². The van der Waals surface area contributed by atoms with Gasteiger partial charge in [0.25, 0.3) is 5.91 Å². The third-order valence-electron chi connectivity index (χ3n) is 5.82. The molecule has 1 amide bonds. The molecule has 0 fully saturated rings. The number of amides is 1. The van der Waals surface area contributed by atoms with Crippen molar-refractivity contribution in [1.29, 1.82) is 0 Å². The molecule has 3 aromatic carbocycles. The number of benzene rings is 3. The summed E-state index contributed by atoms with van der Waals surface area (Å²) in [7, 11) is 0. The number of para-hydroxylation sites is 1. The maximum atomic E-state index is 12.8. The Labute approximate surface area is 203 Å². The van der Waals surface area contributed by atoms with E-state index in [0.717, 1.165) is 28.3 Å². The summed E-state index contributed by atoms with van der Waals surface area (Å²) in [6.07, 6.45) is 0. The largest absolute Gasteiger partial charge is 0.487 e. The second-order valence-corrected chi connectivity index (χ2v) is 8.30. The number of hydrogen-bond donors (Lipinski definition) is 1. The second-order valence-electron chi connectivity index (χ2n) is 8.30. The van der Waals surface area contributed by atoms with Gasteiger partial charge in [0.05, 0.1) is 6.04 Å². The molecule has 0 spiro atoms. The minimum Gasteiger partial charge on any atom is -0.487 e. The van der Waals surface area contributed by atoms with Crippen molar-refractivity contribution in [2.45, 2.75) is 26.5 Å². The van der Waals surface area contributed by atoms with Crippen molar-refractivity contribution in [3.63, 3.8) is 0 Å². The van der Waals surface area contributed by atoms with E-state index < -0.39 is 0 Å². The fraction of sp³-hybridized carbons (Fsp3) is 0.214. The van der Waals surface area contributed by atoms with Crippen molar-refractivity contribution in [1.82, 2.24) is 10.3 Å². The van der Waals surface area contributed by atoms with Gasteiger partial charge in [-0.15, -0.1) is 0 Å². The van der Waals surface area contributed by atoms with Crippen molar-refractivity contribution in [3.05, 3.63) is 95.4 Å². The first kappa shape index (κ1) is 22.5. The van der Waals surface area contributed by atoms with Gasteiger partial charge in [0.1, 0.15) is 37.0 Å². The van der Waals surface area contributed by atoms with Crippen LogP contribution in [0, 0.1) is 6.92 Å². The van der Waals surface area contributed by atoms with E-state index in [1.54, 1.807) is 12.1 Å². The molecule has 0 aliphatic carbocycles. The number of carbonyl (C=O) groups is 1. The van der Waals surface area contributed by atoms with E-state index in [2.05, 4.69) is 10.3 Å². The van der Waals surface area contributed by atoms with Crippen LogP contribution in [0.5, 0.6) is 17.2 Å². The predicted molar refractivity (Wildman–Crippen MR) is 131 cm³/mol. The lowest BCUT2D eigenvalue weighted by Gasteiger charge is -2.21. The number of hydrogen-bond acceptors (Lipinski definition) is 6. The fourth-order valence-corrected chi connectivity index (χ4v) is 3.81. The third kappa shape index (κ3) is 5.14. The second kappa shape index (κ2) is 9.93. The van der Waals surface area contributed by atoms with Gasteiger partial charge in [0, 0.05) is 11.1 Å². The van der Waals surface area contributed by atoms with Crippen LogP contribution in [0.25, 0.3) is 11.5 Å². The number of nitrogens with one attached hydrogen (secondary N) is 1. The van der Waals surface area contributed by atoms with Gasteiger partial charge in [-0.2, -0.15) is 0 Å². The van der Waals surface area contributed by atoms with E-state index in [-0.39, 0.29) is 11.9 Å². The summed E-state index contributed by atoms with van der Waals surface area (Å²) in [5, 5.41) is 3.03. The van der Waals surface area contributed by atoms with Crippen molar-refractivity contribution in [3.8, 4) is 28.7 Å². The number of carbonyl (C=O) groups excluding carboxylic acids is 1. The quantitative estimate of drug-likeness (QED) is 0.385. The Kier molecular flexibility index (Phi) is 6.39. The lowest BCUT2D eigenvalue weighted by atomic mass is 10.1. The van der Waals surface area contributed by atoms with Gasteiger partial charge >= 0.3 is 0 Å². The first-order valence-electron chi connectivity index (χ1n) is 11.5. The van der Waals surface area contributed by atoms with Crippen LogP contribution in [-0.4, -0.2) is 24.1 Å². The van der Waals surface area contributed by atoms with E-state index in [4.69, 9.17) is 18.6 Å². The number of aryl methyl sites for hydroxylation is 1. The van der Waals surface area contributed by atoms with E-state index in [1.807, 2.05) is 74.5 Å². The smallest absolute Gasteiger partial charge is 0.251 e. The maximum Gasteiger partial charge on any atom is 0.251 e. The highest BCUT2D eigenvalue weighted by Gasteiger charge is 2.17. The molecule has 0 saturated heterocycles. The fourth-order valence-electron chi connectivity index (χ4n) is 3.81. The zero-order valence-electron chi connectivity index (χ0n) is 19.6. The van der Waals surface area contributed by atoms with Crippen LogP contribution in [0.2, 0.25) is 0 Å². The molecule has 2 heterocycles. The number of nitrogens with zero attached hydrogens (tertiary/aromatic N) is 1. The highest BCUT2D eigenvalue weighted by molar-refractivity contribution is 5.94. The Morgan fingerprint density at radius 1 is 1.00 bits per heavy atom. The van der Waals surface area contributed by atoms with Crippen LogP contribution in [0.3, 0.4) is 0 Å². The molecular formula is C28H26N2O5. The zero-order chi connectivity index (χ0) is 24.2. The molecule has 178 valence electrons. The molecule has 35 heavy (non-hydrogen) atoms. The summed E-state index contributed by atoms with van der Waals surface area (Å²) in [4.78, 5) is 17.4. The minimum atomic E-state index is -0.195. The molecule has 7 nitrogen and oxygen atoms in total. The van der Waals surface area contributed by atoms with Gasteiger partial charge in [-0.1, -0.05) is 24.3 Å². The van der Waals surface area contributed by atoms with Crippen LogP contribution in [0.4, 0.5) is 0 Å². The summed E-state index contributed by atoms with van der Waals surface area (Å²) in [6.45, 7) is 5.19. The monoisotopic (exact) mass is 470 g/mol. The van der Waals surface area contributed by atoms with Gasteiger partial charge in [0.2, 0.25) is 5.89 Å². The maximum absolute atomic E-state index is 12.8. The van der Waals surface area contributed by atoms with Gasteiger partial charge in [0.15, 0.2) is 11.5 Å². The zero-order valence-corrected chi connectivity index (χ0v) is 19.6. The van der Waals surface area contributed by atoms with E-state index in [0.29, 0.717) is 42.8 Å². The predicted octanol–water partition coefficient (Wildman–Crippen LogP) is 5.49. The molecule has 0 saturated carbocycles. The molecule has 1 aromatic heterocycles. The molecule has 1 aliphatic heterocycles. The molecule has 1 atom stereocenters. The highest BCUT2D eigenvalue weighted by Crippen LogP contribution is 2.32. The van der Waals surface area contributed by atoms with Crippen LogP contribution in [-0.2, 0) is 6.61 Å². The summed E-state index contributed by atoms with van der Waals surface area (Å²) >= 11 is 0. The van der Waals surface area contributed by atoms with E-state index in [9.17, 15) is 4.79 Å². The van der Waals surface area contributed by atoms with Gasteiger partial charge in [-0.3, -0.25) is 4.79 Å². The van der Waals surface area contributed by atoms with Gasteiger partial charge in [-0.05, 0) is 67.9 Å². The van der Waals surface area contributed by atoms with Gasteiger partial charge in [-0.25, -0.2) is 4.98 Å². The molecule has 1 unspecified atom stereocenters. The number of aromatic nitrogens is 1. The molecule has 0 bridgehead atoms. The van der Waals surface area contributed by atoms with Crippen molar-refractivity contribution in [2.24, 2.45) is 0 Å². The number of fused-ring (bicyclic) bond motifs is 1. The molecule has 4 aromatic rings. The Morgan fingerprint density at radius 2 is 1.74 bits per heavy atom. The van der Waals surface area contributed by atoms with Gasteiger partial charge < -0.3 is 23.9 Å². The molecule has 1 N–H and O–H groups in total. The average molecular weight is 471 g/mol. The van der Waals surface area contributed by atoms with Crippen LogP contribution in [0.15, 0.2) is 77.2 Å². The normalized spacial score (nSPS) is 13.2.